The van der Waals surface area contributed by atoms with Crippen LogP contribution in [-0.4, -0.2) is 60.2 Å². The summed E-state index contributed by atoms with van der Waals surface area (Å²) in [5.41, 5.74) is -0.798. The molecule has 0 bridgehead atoms. The van der Waals surface area contributed by atoms with Crippen LogP contribution in [0.5, 0.6) is 0 Å². The fraction of sp³-hybridized carbons (Fsp3) is 0.786. The van der Waals surface area contributed by atoms with Gasteiger partial charge in [0.1, 0.15) is 0 Å². The number of ether oxygens (including phenoxy) is 2. The van der Waals surface area contributed by atoms with Crippen molar-refractivity contribution in [3.05, 3.63) is 0 Å². The SMILES string of the molecule is CC(C)OC(=O)OCO[PH]1(O)OCC(C)(C)C(C(=O)NCCC(=O)O)O1. The number of hydrogen-bond acceptors (Lipinski definition) is 9. The van der Waals surface area contributed by atoms with Gasteiger partial charge < -0.3 is 0 Å². The molecule has 0 aromatic rings. The second-order valence-electron chi connectivity index (χ2n) is 6.56. The Kier molecular flexibility index (Phi) is 8.16. The molecule has 152 valence electrons. The van der Waals surface area contributed by atoms with E-state index in [0.717, 1.165) is 0 Å². The van der Waals surface area contributed by atoms with Gasteiger partial charge in [0.05, 0.1) is 0 Å². The van der Waals surface area contributed by atoms with Crippen LogP contribution < -0.4 is 5.32 Å². The number of carboxylic acid groups (broad SMARTS) is 1. The monoisotopic (exact) mass is 399 g/mol. The Bertz CT molecular complexity index is 526. The number of carbonyl (C=O) groups excluding carboxylic acids is 2. The van der Waals surface area contributed by atoms with Crippen LogP contribution in [0.4, 0.5) is 4.79 Å². The first-order valence-electron chi connectivity index (χ1n) is 7.96. The van der Waals surface area contributed by atoms with Crippen molar-refractivity contribution in [2.45, 2.75) is 46.3 Å². The number of nitrogens with one attached hydrogen (secondary N) is 1. The molecule has 1 unspecified atom stereocenters. The van der Waals surface area contributed by atoms with Crippen molar-refractivity contribution in [3.63, 3.8) is 0 Å². The molecule has 0 aromatic carbocycles. The fourth-order valence-electron chi connectivity index (χ4n) is 1.94. The van der Waals surface area contributed by atoms with Gasteiger partial charge in [-0.1, -0.05) is 0 Å². The van der Waals surface area contributed by atoms with E-state index >= 15 is 0 Å². The quantitative estimate of drug-likeness (QED) is 0.306. The van der Waals surface area contributed by atoms with E-state index in [1.54, 1.807) is 27.7 Å². The van der Waals surface area contributed by atoms with Gasteiger partial charge in [-0.25, -0.2) is 0 Å². The van der Waals surface area contributed by atoms with Gasteiger partial charge in [0.25, 0.3) is 0 Å². The van der Waals surface area contributed by atoms with Gasteiger partial charge in [0.2, 0.25) is 0 Å². The fourth-order valence-corrected chi connectivity index (χ4v) is 3.65. The van der Waals surface area contributed by atoms with Crippen molar-refractivity contribution in [1.29, 1.82) is 0 Å². The number of amides is 1. The van der Waals surface area contributed by atoms with Crippen molar-refractivity contribution in [1.82, 2.24) is 5.32 Å². The van der Waals surface area contributed by atoms with Crippen LogP contribution in [0.25, 0.3) is 0 Å². The first kappa shape index (κ1) is 22.5. The molecule has 1 amide bonds. The summed E-state index contributed by atoms with van der Waals surface area (Å²) in [5.74, 6) is -1.66. The van der Waals surface area contributed by atoms with Gasteiger partial charge in [0.15, 0.2) is 0 Å². The van der Waals surface area contributed by atoms with Crippen molar-refractivity contribution < 1.29 is 47.4 Å². The van der Waals surface area contributed by atoms with Crippen molar-refractivity contribution >= 4 is 26.2 Å². The summed E-state index contributed by atoms with van der Waals surface area (Å²) >= 11 is 0. The van der Waals surface area contributed by atoms with E-state index < -0.39 is 44.5 Å². The summed E-state index contributed by atoms with van der Waals surface area (Å²) < 4.78 is 24.9. The maximum absolute atomic E-state index is 12.3. The summed E-state index contributed by atoms with van der Waals surface area (Å²) in [6.07, 6.45) is -2.76. The standard InChI is InChI=1S/C14H26NO10P/c1-9(2)24-13(19)21-8-23-26(20)22-7-14(3,4)11(25-26)12(18)15-6-5-10(16)17/h9,11,20,26H,5-8H2,1-4H3,(H,15,18)(H,16,17). The van der Waals surface area contributed by atoms with Gasteiger partial charge in [-0.3, -0.25) is 0 Å². The van der Waals surface area contributed by atoms with E-state index in [0.29, 0.717) is 0 Å². The van der Waals surface area contributed by atoms with Gasteiger partial charge in [-0.2, -0.15) is 0 Å². The molecule has 0 aromatic heterocycles. The molecule has 0 saturated carbocycles. The summed E-state index contributed by atoms with van der Waals surface area (Å²) in [7, 11) is -4.23. The summed E-state index contributed by atoms with van der Waals surface area (Å²) in [6.45, 7) is 5.81. The number of carboxylic acids is 1. The Morgan fingerprint density at radius 3 is 2.58 bits per heavy atom. The van der Waals surface area contributed by atoms with Gasteiger partial charge in [-0.15, -0.1) is 0 Å². The number of rotatable bonds is 8. The molecule has 0 spiro atoms. The van der Waals surface area contributed by atoms with Gasteiger partial charge in [-0.05, 0) is 0 Å². The first-order chi connectivity index (χ1) is 11.9. The van der Waals surface area contributed by atoms with Crippen LogP contribution in [0.3, 0.4) is 0 Å². The molecule has 3 N–H and O–H groups in total. The Labute approximate surface area is 151 Å². The van der Waals surface area contributed by atoms with Gasteiger partial charge in [0, 0.05) is 0 Å². The molecule has 0 radical (unpaired) electrons. The summed E-state index contributed by atoms with van der Waals surface area (Å²) in [6, 6.07) is 0. The number of carbonyl (C=O) groups is 3. The predicted molar refractivity (Wildman–Crippen MR) is 89.1 cm³/mol. The zero-order valence-electron chi connectivity index (χ0n) is 15.1. The molecule has 1 atom stereocenters. The van der Waals surface area contributed by atoms with Crippen LogP contribution in [0.15, 0.2) is 0 Å². The van der Waals surface area contributed by atoms with E-state index in [1.165, 1.54) is 0 Å². The summed E-state index contributed by atoms with van der Waals surface area (Å²) in [5, 5.41) is 11.0. The van der Waals surface area contributed by atoms with Crippen LogP contribution in [0.1, 0.15) is 34.1 Å². The Balaban J connectivity index is 2.59. The molecule has 1 fully saturated rings. The molecule has 1 heterocycles. The van der Waals surface area contributed by atoms with E-state index in [2.05, 4.69) is 10.1 Å². The molecule has 1 aliphatic heterocycles. The molecule has 1 saturated heterocycles. The van der Waals surface area contributed by atoms with Gasteiger partial charge >= 0.3 is 151 Å². The van der Waals surface area contributed by atoms with E-state index in [4.69, 9.17) is 23.4 Å². The molecule has 26 heavy (non-hydrogen) atoms. The second-order valence-corrected chi connectivity index (χ2v) is 8.42. The zero-order chi connectivity index (χ0) is 20.0. The summed E-state index contributed by atoms with van der Waals surface area (Å²) in [4.78, 5) is 44.3. The molecule has 12 heteroatoms. The van der Waals surface area contributed by atoms with Crippen LogP contribution in [0.2, 0.25) is 0 Å². The van der Waals surface area contributed by atoms with Crippen molar-refractivity contribution in [3.8, 4) is 0 Å². The Hall–Kier alpha value is -1.52. The third-order valence-corrected chi connectivity index (χ3v) is 4.75. The average molecular weight is 399 g/mol. The average Bonchev–Trinajstić information content (AvgIpc) is 2.49. The predicted octanol–water partition coefficient (Wildman–Crippen LogP) is 0.957. The van der Waals surface area contributed by atoms with Crippen molar-refractivity contribution in [2.75, 3.05) is 19.9 Å². The maximum atomic E-state index is 12.3. The van der Waals surface area contributed by atoms with E-state index in [1.807, 2.05) is 0 Å². The Morgan fingerprint density at radius 2 is 2.00 bits per heavy atom. The van der Waals surface area contributed by atoms with E-state index in [9.17, 15) is 19.3 Å². The Morgan fingerprint density at radius 1 is 1.35 bits per heavy atom. The number of hydrogen-bond donors (Lipinski definition) is 3. The molecule has 11 nitrogen and oxygen atoms in total. The topological polar surface area (TPSA) is 150 Å². The normalized spacial score (nSPS) is 22.3. The zero-order valence-corrected chi connectivity index (χ0v) is 16.1. The molecule has 1 rings (SSSR count). The van der Waals surface area contributed by atoms with Crippen molar-refractivity contribution in [2.24, 2.45) is 5.41 Å². The second kappa shape index (κ2) is 9.43. The van der Waals surface area contributed by atoms with E-state index in [-0.39, 0.29) is 25.7 Å². The third-order valence-electron chi connectivity index (χ3n) is 3.23. The molecular formula is C14H26NO10P. The molecular weight excluding hydrogens is 373 g/mol. The first-order valence-corrected chi connectivity index (χ1v) is 9.63. The van der Waals surface area contributed by atoms with Crippen LogP contribution >= 0.6 is 8.17 Å². The molecule has 0 aliphatic carbocycles. The minimum atomic E-state index is -4.23. The minimum absolute atomic E-state index is 0.0524. The molecule has 1 aliphatic rings. The van der Waals surface area contributed by atoms with Crippen LogP contribution in [-0.2, 0) is 32.6 Å². The van der Waals surface area contributed by atoms with Crippen LogP contribution in [0, 0.1) is 5.41 Å². The third kappa shape index (κ3) is 7.38. The number of aliphatic carboxylic acids is 1.